The molecule has 0 radical (unpaired) electrons. The highest BCUT2D eigenvalue weighted by Gasteiger charge is 2.25. The summed E-state index contributed by atoms with van der Waals surface area (Å²) in [5, 5.41) is 4.33. The Kier molecular flexibility index (Phi) is 4.68. The quantitative estimate of drug-likeness (QED) is 0.939. The Morgan fingerprint density at radius 3 is 2.86 bits per heavy atom. The molecule has 0 amide bonds. The number of benzene rings is 1. The zero-order valence-electron chi connectivity index (χ0n) is 12.0. The van der Waals surface area contributed by atoms with E-state index in [1.807, 2.05) is 12.1 Å². The molecule has 2 heterocycles. The molecule has 0 spiro atoms. The molecule has 0 bridgehead atoms. The molecule has 112 valence electrons. The van der Waals surface area contributed by atoms with Crippen molar-refractivity contribution in [2.75, 3.05) is 13.1 Å². The van der Waals surface area contributed by atoms with Gasteiger partial charge in [-0.2, -0.15) is 11.3 Å². The van der Waals surface area contributed by atoms with Crippen molar-refractivity contribution in [2.24, 2.45) is 11.7 Å². The molecule has 2 nitrogen and oxygen atoms in total. The summed E-state index contributed by atoms with van der Waals surface area (Å²) in [6.45, 7) is 2.51. The number of halogens is 1. The fraction of sp³-hybridized carbons (Fsp3) is 0.412. The zero-order chi connectivity index (χ0) is 14.7. The average Bonchev–Trinajstić information content (AvgIpc) is 2.93. The number of nitrogens with two attached hydrogens (primary N) is 1. The molecule has 1 aromatic heterocycles. The van der Waals surface area contributed by atoms with Crippen molar-refractivity contribution in [2.45, 2.75) is 25.4 Å². The van der Waals surface area contributed by atoms with E-state index in [-0.39, 0.29) is 11.9 Å². The molecular formula is C17H21FN2S. The molecule has 1 aliphatic heterocycles. The molecule has 1 saturated heterocycles. The molecular weight excluding hydrogens is 283 g/mol. The fourth-order valence-electron chi connectivity index (χ4n) is 3.24. The summed E-state index contributed by atoms with van der Waals surface area (Å²) in [6, 6.07) is 9.40. The van der Waals surface area contributed by atoms with Crippen LogP contribution in [0.1, 0.15) is 17.5 Å². The van der Waals surface area contributed by atoms with E-state index >= 15 is 0 Å². The SMILES string of the molecule is NC1CC(Cc2ccsc2)CN(Cc2ccccc2F)C1. The summed E-state index contributed by atoms with van der Waals surface area (Å²) in [5.41, 5.74) is 8.36. The summed E-state index contributed by atoms with van der Waals surface area (Å²) in [6.07, 6.45) is 2.13. The van der Waals surface area contributed by atoms with Crippen molar-refractivity contribution in [1.82, 2.24) is 4.90 Å². The van der Waals surface area contributed by atoms with E-state index in [0.717, 1.165) is 31.5 Å². The third kappa shape index (κ3) is 3.90. The van der Waals surface area contributed by atoms with Gasteiger partial charge in [-0.3, -0.25) is 4.90 Å². The second-order valence-corrected chi connectivity index (χ2v) is 6.76. The maximum atomic E-state index is 13.8. The molecule has 2 N–H and O–H groups in total. The van der Waals surface area contributed by atoms with Crippen LogP contribution >= 0.6 is 11.3 Å². The Hall–Kier alpha value is -1.23. The van der Waals surface area contributed by atoms with Gasteiger partial charge in [-0.15, -0.1) is 0 Å². The maximum absolute atomic E-state index is 13.8. The van der Waals surface area contributed by atoms with Gasteiger partial charge in [0.2, 0.25) is 0 Å². The highest BCUT2D eigenvalue weighted by molar-refractivity contribution is 7.07. The summed E-state index contributed by atoms with van der Waals surface area (Å²) < 4.78 is 13.8. The maximum Gasteiger partial charge on any atom is 0.127 e. The van der Waals surface area contributed by atoms with Crippen LogP contribution in [-0.2, 0) is 13.0 Å². The van der Waals surface area contributed by atoms with Gasteiger partial charge < -0.3 is 5.73 Å². The smallest absolute Gasteiger partial charge is 0.127 e. The van der Waals surface area contributed by atoms with Crippen molar-refractivity contribution in [3.8, 4) is 0 Å². The predicted molar refractivity (Wildman–Crippen MR) is 85.8 cm³/mol. The van der Waals surface area contributed by atoms with Crippen molar-refractivity contribution >= 4 is 11.3 Å². The minimum Gasteiger partial charge on any atom is -0.327 e. The van der Waals surface area contributed by atoms with Crippen LogP contribution in [0, 0.1) is 11.7 Å². The van der Waals surface area contributed by atoms with E-state index in [1.54, 1.807) is 17.4 Å². The lowest BCUT2D eigenvalue weighted by molar-refractivity contribution is 0.148. The van der Waals surface area contributed by atoms with Crippen LogP contribution in [0.2, 0.25) is 0 Å². The minimum absolute atomic E-state index is 0.119. The first-order valence-corrected chi connectivity index (χ1v) is 8.37. The number of hydrogen-bond donors (Lipinski definition) is 1. The van der Waals surface area contributed by atoms with E-state index in [9.17, 15) is 4.39 Å². The van der Waals surface area contributed by atoms with Crippen LogP contribution in [0.25, 0.3) is 0 Å². The van der Waals surface area contributed by atoms with Crippen LogP contribution in [0.4, 0.5) is 4.39 Å². The lowest BCUT2D eigenvalue weighted by Crippen LogP contribution is -2.47. The van der Waals surface area contributed by atoms with E-state index < -0.39 is 0 Å². The van der Waals surface area contributed by atoms with Crippen LogP contribution in [0.15, 0.2) is 41.1 Å². The lowest BCUT2D eigenvalue weighted by Gasteiger charge is -2.36. The molecule has 1 aliphatic rings. The summed E-state index contributed by atoms with van der Waals surface area (Å²) in [5.74, 6) is 0.446. The van der Waals surface area contributed by atoms with Crippen LogP contribution < -0.4 is 5.73 Å². The molecule has 21 heavy (non-hydrogen) atoms. The van der Waals surface area contributed by atoms with Gasteiger partial charge >= 0.3 is 0 Å². The Bertz CT molecular complexity index is 570. The number of hydrogen-bond acceptors (Lipinski definition) is 3. The molecule has 2 aromatic rings. The Balaban J connectivity index is 1.64. The van der Waals surface area contributed by atoms with Crippen molar-refractivity contribution < 1.29 is 4.39 Å². The van der Waals surface area contributed by atoms with E-state index in [2.05, 4.69) is 21.7 Å². The van der Waals surface area contributed by atoms with Crippen LogP contribution in [0.5, 0.6) is 0 Å². The highest BCUT2D eigenvalue weighted by atomic mass is 32.1. The van der Waals surface area contributed by atoms with E-state index in [1.165, 1.54) is 11.6 Å². The average molecular weight is 304 g/mol. The summed E-state index contributed by atoms with van der Waals surface area (Å²) >= 11 is 1.74. The first-order valence-electron chi connectivity index (χ1n) is 7.43. The van der Waals surface area contributed by atoms with Gasteiger partial charge in [0.05, 0.1) is 0 Å². The number of thiophene rings is 1. The predicted octanol–water partition coefficient (Wildman–Crippen LogP) is 3.28. The van der Waals surface area contributed by atoms with Crippen molar-refractivity contribution in [3.63, 3.8) is 0 Å². The topological polar surface area (TPSA) is 29.3 Å². The molecule has 0 aliphatic carbocycles. The van der Waals surface area contributed by atoms with Gasteiger partial charge in [0.15, 0.2) is 0 Å². The minimum atomic E-state index is -0.119. The number of likely N-dealkylation sites (tertiary alicyclic amines) is 1. The molecule has 1 aromatic carbocycles. The van der Waals surface area contributed by atoms with Gasteiger partial charge in [-0.1, -0.05) is 18.2 Å². The standard InChI is InChI=1S/C17H21FN2S/c18-17-4-2-1-3-15(17)10-20-9-14(8-16(19)11-20)7-13-5-6-21-12-13/h1-6,12,14,16H,7-11,19H2. The normalized spacial score (nSPS) is 23.3. The highest BCUT2D eigenvalue weighted by Crippen LogP contribution is 2.23. The number of piperidine rings is 1. The first-order chi connectivity index (χ1) is 10.2. The Morgan fingerprint density at radius 2 is 2.10 bits per heavy atom. The van der Waals surface area contributed by atoms with Gasteiger partial charge in [-0.25, -0.2) is 4.39 Å². The molecule has 0 saturated carbocycles. The lowest BCUT2D eigenvalue weighted by atomic mass is 9.89. The number of rotatable bonds is 4. The summed E-state index contributed by atoms with van der Waals surface area (Å²) in [4.78, 5) is 2.30. The van der Waals surface area contributed by atoms with E-state index in [0.29, 0.717) is 12.5 Å². The van der Waals surface area contributed by atoms with Gasteiger partial charge in [0, 0.05) is 31.2 Å². The molecule has 2 atom stereocenters. The molecule has 2 unspecified atom stereocenters. The molecule has 3 rings (SSSR count). The monoisotopic (exact) mass is 304 g/mol. The van der Waals surface area contributed by atoms with E-state index in [4.69, 9.17) is 5.73 Å². The largest absolute Gasteiger partial charge is 0.327 e. The fourth-order valence-corrected chi connectivity index (χ4v) is 3.92. The van der Waals surface area contributed by atoms with Crippen molar-refractivity contribution in [3.05, 3.63) is 58.0 Å². The third-order valence-corrected chi connectivity index (χ3v) is 4.83. The van der Waals surface area contributed by atoms with Gasteiger partial charge in [0.25, 0.3) is 0 Å². The van der Waals surface area contributed by atoms with Gasteiger partial charge in [0.1, 0.15) is 5.82 Å². The van der Waals surface area contributed by atoms with Gasteiger partial charge in [-0.05, 0) is 47.2 Å². The molecule has 1 fully saturated rings. The van der Waals surface area contributed by atoms with Crippen LogP contribution in [0.3, 0.4) is 0 Å². The second kappa shape index (κ2) is 6.69. The Labute approximate surface area is 129 Å². The Morgan fingerprint density at radius 1 is 1.24 bits per heavy atom. The first kappa shape index (κ1) is 14.7. The number of nitrogens with zero attached hydrogens (tertiary/aromatic N) is 1. The second-order valence-electron chi connectivity index (χ2n) is 5.98. The van der Waals surface area contributed by atoms with Crippen LogP contribution in [-0.4, -0.2) is 24.0 Å². The summed E-state index contributed by atoms with van der Waals surface area (Å²) in [7, 11) is 0. The van der Waals surface area contributed by atoms with Crippen molar-refractivity contribution in [1.29, 1.82) is 0 Å². The third-order valence-electron chi connectivity index (χ3n) is 4.10. The molecule has 4 heteroatoms. The zero-order valence-corrected chi connectivity index (χ0v) is 12.9.